The zero-order valence-electron chi connectivity index (χ0n) is 14.8. The highest BCUT2D eigenvalue weighted by Gasteiger charge is 2.39. The highest BCUT2D eigenvalue weighted by Crippen LogP contribution is 2.37. The van der Waals surface area contributed by atoms with Crippen LogP contribution in [0.3, 0.4) is 0 Å². The van der Waals surface area contributed by atoms with Crippen molar-refractivity contribution in [2.45, 2.75) is 10.8 Å². The number of benzene rings is 2. The second-order valence-corrected chi connectivity index (χ2v) is 8.36. The summed E-state index contributed by atoms with van der Waals surface area (Å²) in [5, 5.41) is 11.0. The maximum Gasteiger partial charge on any atom is 0.310 e. The van der Waals surface area contributed by atoms with Crippen LogP contribution in [0.25, 0.3) is 0 Å². The second-order valence-electron chi connectivity index (χ2n) is 6.43. The lowest BCUT2D eigenvalue weighted by Gasteiger charge is -2.17. The molecule has 3 rings (SSSR count). The van der Waals surface area contributed by atoms with Crippen LogP contribution in [0.1, 0.15) is 11.5 Å². The average Bonchev–Trinajstić information content (AvgIpc) is 3.13. The van der Waals surface area contributed by atoms with Crippen LogP contribution in [0, 0.1) is 16.0 Å². The second kappa shape index (κ2) is 7.63. The third-order valence-corrected chi connectivity index (χ3v) is 6.75. The molecule has 0 aromatic heterocycles. The number of ether oxygens (including phenoxy) is 1. The molecule has 2 atom stereocenters. The molecule has 0 bridgehead atoms. The van der Waals surface area contributed by atoms with Gasteiger partial charge in [0.05, 0.1) is 16.9 Å². The number of hydrogen-bond donors (Lipinski definition) is 1. The first-order chi connectivity index (χ1) is 12.9. The quantitative estimate of drug-likeness (QED) is 0.594. The number of nitrogens with two attached hydrogens (primary N) is 1. The lowest BCUT2D eigenvalue weighted by Crippen LogP contribution is -2.30. The van der Waals surface area contributed by atoms with Gasteiger partial charge in [-0.05, 0) is 24.1 Å². The van der Waals surface area contributed by atoms with Gasteiger partial charge in [0.15, 0.2) is 5.75 Å². The number of rotatable bonds is 6. The lowest BCUT2D eigenvalue weighted by atomic mass is 9.89. The summed E-state index contributed by atoms with van der Waals surface area (Å²) in [5.41, 5.74) is 6.66. The molecule has 9 heteroatoms. The van der Waals surface area contributed by atoms with Crippen LogP contribution in [0.5, 0.6) is 5.75 Å². The summed E-state index contributed by atoms with van der Waals surface area (Å²) in [6.07, 6.45) is 0. The predicted octanol–water partition coefficient (Wildman–Crippen LogP) is 1.97. The molecule has 27 heavy (non-hydrogen) atoms. The fraction of sp³-hybridized carbons (Fsp3) is 0.333. The first-order valence-electron chi connectivity index (χ1n) is 8.46. The van der Waals surface area contributed by atoms with Gasteiger partial charge < -0.3 is 10.5 Å². The Balaban J connectivity index is 1.92. The van der Waals surface area contributed by atoms with Gasteiger partial charge in [0, 0.05) is 31.1 Å². The summed E-state index contributed by atoms with van der Waals surface area (Å²) in [4.78, 5) is 10.4. The number of sulfonamides is 1. The minimum atomic E-state index is -3.82. The summed E-state index contributed by atoms with van der Waals surface area (Å²) in [7, 11) is -2.55. The van der Waals surface area contributed by atoms with Crippen molar-refractivity contribution in [2.75, 3.05) is 26.7 Å². The van der Waals surface area contributed by atoms with E-state index in [9.17, 15) is 18.5 Å². The van der Waals surface area contributed by atoms with E-state index in [-0.39, 0.29) is 28.2 Å². The van der Waals surface area contributed by atoms with Crippen molar-refractivity contribution >= 4 is 15.7 Å². The molecule has 1 aliphatic heterocycles. The molecule has 2 aromatic carbocycles. The monoisotopic (exact) mass is 391 g/mol. The van der Waals surface area contributed by atoms with Gasteiger partial charge in [-0.25, -0.2) is 8.42 Å². The number of nitro benzene ring substituents is 1. The van der Waals surface area contributed by atoms with Gasteiger partial charge in [0.1, 0.15) is 0 Å². The Kier molecular flexibility index (Phi) is 5.45. The smallest absolute Gasteiger partial charge is 0.310 e. The zero-order chi connectivity index (χ0) is 19.6. The standard InChI is InChI=1S/C18H21N3O5S/c1-26-18-9-15(7-8-17(18)21(22)23)27(24,25)20-11-14(10-19)16(12-20)13-5-3-2-4-6-13/h2-9,14,16H,10-12,19H2,1H3/t14-,16+/m1/s1. The molecule has 1 saturated heterocycles. The van der Waals surface area contributed by atoms with E-state index in [0.29, 0.717) is 19.6 Å². The van der Waals surface area contributed by atoms with Crippen molar-refractivity contribution in [3.05, 3.63) is 64.2 Å². The van der Waals surface area contributed by atoms with Crippen molar-refractivity contribution in [3.8, 4) is 5.75 Å². The first-order valence-corrected chi connectivity index (χ1v) is 9.90. The summed E-state index contributed by atoms with van der Waals surface area (Å²) < 4.78 is 32.5. The van der Waals surface area contributed by atoms with E-state index >= 15 is 0 Å². The molecule has 1 fully saturated rings. The van der Waals surface area contributed by atoms with Crippen molar-refractivity contribution in [1.29, 1.82) is 0 Å². The Hall–Kier alpha value is -2.49. The number of hydrogen-bond acceptors (Lipinski definition) is 6. The Morgan fingerprint density at radius 2 is 1.93 bits per heavy atom. The summed E-state index contributed by atoms with van der Waals surface area (Å²) in [5.74, 6) is -0.0803. The van der Waals surface area contributed by atoms with E-state index in [1.54, 1.807) is 0 Å². The van der Waals surface area contributed by atoms with Crippen LogP contribution in [-0.4, -0.2) is 44.4 Å². The third-order valence-electron chi connectivity index (χ3n) is 4.92. The molecule has 144 valence electrons. The van der Waals surface area contributed by atoms with Crippen molar-refractivity contribution in [2.24, 2.45) is 11.7 Å². The lowest BCUT2D eigenvalue weighted by molar-refractivity contribution is -0.385. The van der Waals surface area contributed by atoms with E-state index in [1.807, 2.05) is 30.3 Å². The van der Waals surface area contributed by atoms with E-state index in [2.05, 4.69) is 0 Å². The molecular formula is C18H21N3O5S. The predicted molar refractivity (Wildman–Crippen MR) is 100 cm³/mol. The van der Waals surface area contributed by atoms with Gasteiger partial charge in [-0.3, -0.25) is 10.1 Å². The van der Waals surface area contributed by atoms with Gasteiger partial charge in [-0.2, -0.15) is 4.31 Å². The molecule has 1 heterocycles. The normalized spacial score (nSPS) is 20.5. The minimum Gasteiger partial charge on any atom is -0.490 e. The molecule has 2 aromatic rings. The summed E-state index contributed by atoms with van der Waals surface area (Å²) in [6.45, 7) is 0.986. The molecule has 1 aliphatic rings. The number of nitro groups is 1. The van der Waals surface area contributed by atoms with Crippen LogP contribution >= 0.6 is 0 Å². The molecule has 8 nitrogen and oxygen atoms in total. The largest absolute Gasteiger partial charge is 0.490 e. The summed E-state index contributed by atoms with van der Waals surface area (Å²) >= 11 is 0. The van der Waals surface area contributed by atoms with Gasteiger partial charge in [-0.1, -0.05) is 30.3 Å². The van der Waals surface area contributed by atoms with Crippen LogP contribution < -0.4 is 10.5 Å². The highest BCUT2D eigenvalue weighted by atomic mass is 32.2. The molecule has 0 amide bonds. The van der Waals surface area contributed by atoms with E-state index in [4.69, 9.17) is 10.5 Å². The average molecular weight is 391 g/mol. The van der Waals surface area contributed by atoms with Gasteiger partial charge in [0.25, 0.3) is 0 Å². The SMILES string of the molecule is COc1cc(S(=O)(=O)N2C[C@@H](CN)[C@H](c3ccccc3)C2)ccc1[N+](=O)[O-]. The maximum atomic E-state index is 13.1. The van der Waals surface area contributed by atoms with Crippen LogP contribution in [0.4, 0.5) is 5.69 Å². The van der Waals surface area contributed by atoms with E-state index < -0.39 is 14.9 Å². The Bertz CT molecular complexity index is 933. The summed E-state index contributed by atoms with van der Waals surface area (Å²) in [6, 6.07) is 13.3. The third kappa shape index (κ3) is 3.66. The Labute approximate surface area is 157 Å². The van der Waals surface area contributed by atoms with Gasteiger partial charge in [0.2, 0.25) is 10.0 Å². The number of nitrogens with zero attached hydrogens (tertiary/aromatic N) is 2. The fourth-order valence-electron chi connectivity index (χ4n) is 3.46. The van der Waals surface area contributed by atoms with Crippen LogP contribution in [0.15, 0.2) is 53.4 Å². The van der Waals surface area contributed by atoms with E-state index in [1.165, 1.54) is 23.5 Å². The minimum absolute atomic E-state index is 0.00196. The van der Waals surface area contributed by atoms with Crippen molar-refractivity contribution in [1.82, 2.24) is 4.31 Å². The van der Waals surface area contributed by atoms with Gasteiger partial charge in [-0.15, -0.1) is 0 Å². The fourth-order valence-corrected chi connectivity index (χ4v) is 5.00. The van der Waals surface area contributed by atoms with Crippen molar-refractivity contribution < 1.29 is 18.1 Å². The molecule has 0 aliphatic carbocycles. The Morgan fingerprint density at radius 3 is 2.52 bits per heavy atom. The number of methoxy groups -OCH3 is 1. The Morgan fingerprint density at radius 1 is 1.22 bits per heavy atom. The maximum absolute atomic E-state index is 13.1. The first kappa shape index (κ1) is 19.3. The molecule has 0 radical (unpaired) electrons. The molecule has 0 saturated carbocycles. The molecule has 0 unspecified atom stereocenters. The topological polar surface area (TPSA) is 116 Å². The van der Waals surface area contributed by atoms with E-state index in [0.717, 1.165) is 11.6 Å². The van der Waals surface area contributed by atoms with Crippen LogP contribution in [0.2, 0.25) is 0 Å². The molecular weight excluding hydrogens is 370 g/mol. The van der Waals surface area contributed by atoms with Crippen molar-refractivity contribution in [3.63, 3.8) is 0 Å². The van der Waals surface area contributed by atoms with Crippen LogP contribution in [-0.2, 0) is 10.0 Å². The zero-order valence-corrected chi connectivity index (χ0v) is 15.6. The molecule has 0 spiro atoms. The van der Waals surface area contributed by atoms with Gasteiger partial charge >= 0.3 is 5.69 Å². The molecule has 2 N–H and O–H groups in total. The highest BCUT2D eigenvalue weighted by molar-refractivity contribution is 7.89.